The SMILES string of the molecule is Cc1ccc(NC(=O)[C@H](C[C@@H]2CCNC2=O)NC(=O)C(F)(F)F)cc1C(=O)N[C@H](C)c1cccc2ccccc12. The van der Waals surface area contributed by atoms with Crippen LogP contribution in [0.2, 0.25) is 0 Å². The van der Waals surface area contributed by atoms with Crippen LogP contribution in [0.5, 0.6) is 0 Å². The van der Waals surface area contributed by atoms with Crippen LogP contribution in [0.1, 0.15) is 47.3 Å². The van der Waals surface area contributed by atoms with Gasteiger partial charge in [0, 0.05) is 23.7 Å². The van der Waals surface area contributed by atoms with E-state index in [1.54, 1.807) is 18.3 Å². The molecule has 8 nitrogen and oxygen atoms in total. The largest absolute Gasteiger partial charge is 0.471 e. The Hall–Kier alpha value is -4.41. The van der Waals surface area contributed by atoms with Crippen LogP contribution >= 0.6 is 0 Å². The van der Waals surface area contributed by atoms with E-state index >= 15 is 0 Å². The van der Waals surface area contributed by atoms with E-state index in [2.05, 4.69) is 16.0 Å². The van der Waals surface area contributed by atoms with Gasteiger partial charge in [-0.2, -0.15) is 13.2 Å². The molecule has 0 saturated carbocycles. The Morgan fingerprint density at radius 3 is 2.45 bits per heavy atom. The Kier molecular flexibility index (Phi) is 8.41. The number of halogens is 3. The van der Waals surface area contributed by atoms with Crippen LogP contribution in [0.4, 0.5) is 18.9 Å². The molecule has 3 aromatic rings. The average Bonchev–Trinajstić information content (AvgIpc) is 3.32. The molecule has 0 aromatic heterocycles. The van der Waals surface area contributed by atoms with Crippen molar-refractivity contribution in [3.63, 3.8) is 0 Å². The lowest BCUT2D eigenvalue weighted by Gasteiger charge is -2.22. The highest BCUT2D eigenvalue weighted by molar-refractivity contribution is 6.01. The summed E-state index contributed by atoms with van der Waals surface area (Å²) in [6.45, 7) is 3.90. The number of hydrogen-bond donors (Lipinski definition) is 4. The molecule has 11 heteroatoms. The van der Waals surface area contributed by atoms with Gasteiger partial charge in [0.25, 0.3) is 5.91 Å². The zero-order chi connectivity index (χ0) is 29.0. The summed E-state index contributed by atoms with van der Waals surface area (Å²) in [5.74, 6) is -4.74. The zero-order valence-corrected chi connectivity index (χ0v) is 21.9. The fourth-order valence-corrected chi connectivity index (χ4v) is 4.78. The van der Waals surface area contributed by atoms with E-state index in [0.717, 1.165) is 16.3 Å². The number of benzene rings is 3. The van der Waals surface area contributed by atoms with Crippen molar-refractivity contribution in [3.05, 3.63) is 77.4 Å². The highest BCUT2D eigenvalue weighted by Crippen LogP contribution is 2.25. The summed E-state index contributed by atoms with van der Waals surface area (Å²) in [5.41, 5.74) is 1.95. The van der Waals surface area contributed by atoms with Crippen LogP contribution in [-0.4, -0.2) is 42.4 Å². The van der Waals surface area contributed by atoms with Gasteiger partial charge in [-0.05, 0) is 60.7 Å². The smallest absolute Gasteiger partial charge is 0.356 e. The van der Waals surface area contributed by atoms with Gasteiger partial charge in [0.2, 0.25) is 11.8 Å². The van der Waals surface area contributed by atoms with E-state index in [0.29, 0.717) is 18.5 Å². The summed E-state index contributed by atoms with van der Waals surface area (Å²) >= 11 is 0. The normalized spacial score (nSPS) is 16.6. The highest BCUT2D eigenvalue weighted by Gasteiger charge is 2.42. The van der Waals surface area contributed by atoms with Crippen LogP contribution in [-0.2, 0) is 14.4 Å². The maximum absolute atomic E-state index is 13.2. The van der Waals surface area contributed by atoms with Crippen molar-refractivity contribution in [2.24, 2.45) is 5.92 Å². The first-order valence-corrected chi connectivity index (χ1v) is 12.8. The van der Waals surface area contributed by atoms with Gasteiger partial charge < -0.3 is 21.3 Å². The third kappa shape index (κ3) is 6.59. The topological polar surface area (TPSA) is 116 Å². The van der Waals surface area contributed by atoms with Gasteiger partial charge in [-0.1, -0.05) is 48.5 Å². The maximum Gasteiger partial charge on any atom is 0.471 e. The molecule has 0 spiro atoms. The fourth-order valence-electron chi connectivity index (χ4n) is 4.78. The fraction of sp³-hybridized carbons (Fsp3) is 0.310. The predicted octanol–water partition coefficient (Wildman–Crippen LogP) is 4.15. The Balaban J connectivity index is 1.51. The molecule has 0 aliphatic carbocycles. The molecule has 4 N–H and O–H groups in total. The number of hydrogen-bond acceptors (Lipinski definition) is 4. The number of nitrogens with one attached hydrogen (secondary N) is 4. The summed E-state index contributed by atoms with van der Waals surface area (Å²) in [5, 5.41) is 11.7. The summed E-state index contributed by atoms with van der Waals surface area (Å²) in [6, 6.07) is 16.2. The Morgan fingerprint density at radius 1 is 1.02 bits per heavy atom. The Labute approximate surface area is 228 Å². The Bertz CT molecular complexity index is 1450. The molecule has 3 aromatic carbocycles. The molecule has 4 rings (SSSR count). The number of rotatable bonds is 8. The summed E-state index contributed by atoms with van der Waals surface area (Å²) in [6.07, 6.45) is -5.18. The lowest BCUT2D eigenvalue weighted by molar-refractivity contribution is -0.174. The van der Waals surface area contributed by atoms with Crippen LogP contribution in [0.25, 0.3) is 10.8 Å². The quantitative estimate of drug-likeness (QED) is 0.335. The van der Waals surface area contributed by atoms with Gasteiger partial charge in [0.15, 0.2) is 0 Å². The number of carbonyl (C=O) groups is 4. The minimum absolute atomic E-state index is 0.153. The number of anilines is 1. The summed E-state index contributed by atoms with van der Waals surface area (Å²) in [4.78, 5) is 49.8. The molecule has 210 valence electrons. The number of amides is 4. The third-order valence-corrected chi connectivity index (χ3v) is 6.95. The lowest BCUT2D eigenvalue weighted by atomic mass is 9.97. The molecule has 40 heavy (non-hydrogen) atoms. The van der Waals surface area contributed by atoms with Gasteiger partial charge in [0.1, 0.15) is 6.04 Å². The van der Waals surface area contributed by atoms with Crippen molar-refractivity contribution >= 4 is 40.1 Å². The second-order valence-corrected chi connectivity index (χ2v) is 9.82. The number of carbonyl (C=O) groups excluding carboxylic acids is 4. The molecule has 3 atom stereocenters. The van der Waals surface area contributed by atoms with Crippen molar-refractivity contribution in [1.82, 2.24) is 16.0 Å². The van der Waals surface area contributed by atoms with Crippen molar-refractivity contribution < 1.29 is 32.3 Å². The molecular weight excluding hydrogens is 525 g/mol. The predicted molar refractivity (Wildman–Crippen MR) is 143 cm³/mol. The van der Waals surface area contributed by atoms with Crippen LogP contribution < -0.4 is 21.3 Å². The second kappa shape index (κ2) is 11.8. The first kappa shape index (κ1) is 28.6. The van der Waals surface area contributed by atoms with E-state index in [1.807, 2.05) is 49.4 Å². The number of alkyl halides is 3. The van der Waals surface area contributed by atoms with E-state index in [1.165, 1.54) is 12.1 Å². The molecule has 0 unspecified atom stereocenters. The number of fused-ring (bicyclic) bond motifs is 1. The molecular formula is C29H29F3N4O4. The molecule has 1 heterocycles. The first-order chi connectivity index (χ1) is 18.9. The molecule has 1 aliphatic rings. The van der Waals surface area contributed by atoms with Crippen molar-refractivity contribution in [3.8, 4) is 0 Å². The highest BCUT2D eigenvalue weighted by atomic mass is 19.4. The van der Waals surface area contributed by atoms with Gasteiger partial charge in [-0.3, -0.25) is 19.2 Å². The minimum atomic E-state index is -5.20. The van der Waals surface area contributed by atoms with Crippen molar-refractivity contribution in [1.29, 1.82) is 0 Å². The van der Waals surface area contributed by atoms with Gasteiger partial charge in [-0.15, -0.1) is 0 Å². The third-order valence-electron chi connectivity index (χ3n) is 6.95. The van der Waals surface area contributed by atoms with Crippen LogP contribution in [0.15, 0.2) is 60.7 Å². The first-order valence-electron chi connectivity index (χ1n) is 12.8. The molecule has 4 amide bonds. The second-order valence-electron chi connectivity index (χ2n) is 9.82. The summed E-state index contributed by atoms with van der Waals surface area (Å²) < 4.78 is 38.8. The molecule has 0 radical (unpaired) electrons. The van der Waals surface area contributed by atoms with Crippen molar-refractivity contribution in [2.75, 3.05) is 11.9 Å². The molecule has 1 aliphatic heterocycles. The lowest BCUT2D eigenvalue weighted by Crippen LogP contribution is -2.49. The Morgan fingerprint density at radius 2 is 1.75 bits per heavy atom. The van der Waals surface area contributed by atoms with Crippen LogP contribution in [0.3, 0.4) is 0 Å². The standard InChI is InChI=1S/C29H29F3N4O4/c1-16-10-11-20(35-27(39)24(36-28(40)29(30,31)32)14-19-12-13-33-25(19)37)15-23(16)26(38)34-17(2)21-9-5-7-18-6-3-4-8-22(18)21/h3-11,15,17,19,24H,12-14H2,1-2H3,(H,33,37)(H,34,38)(H,35,39)(H,36,40)/t17-,19+,24+/m1/s1. The number of aryl methyl sites for hydroxylation is 1. The van der Waals surface area contributed by atoms with E-state index in [9.17, 15) is 32.3 Å². The van der Waals surface area contributed by atoms with E-state index in [-0.39, 0.29) is 23.7 Å². The average molecular weight is 555 g/mol. The van der Waals surface area contributed by atoms with Gasteiger partial charge >= 0.3 is 12.1 Å². The van der Waals surface area contributed by atoms with Gasteiger partial charge in [0.05, 0.1) is 6.04 Å². The molecule has 0 bridgehead atoms. The van der Waals surface area contributed by atoms with E-state index in [4.69, 9.17) is 0 Å². The maximum atomic E-state index is 13.2. The minimum Gasteiger partial charge on any atom is -0.356 e. The summed E-state index contributed by atoms with van der Waals surface area (Å²) in [7, 11) is 0. The zero-order valence-electron chi connectivity index (χ0n) is 21.9. The monoisotopic (exact) mass is 554 g/mol. The van der Waals surface area contributed by atoms with Gasteiger partial charge in [-0.25, -0.2) is 0 Å². The van der Waals surface area contributed by atoms with Crippen LogP contribution in [0, 0.1) is 12.8 Å². The van der Waals surface area contributed by atoms with E-state index < -0.39 is 41.8 Å². The molecule has 1 fully saturated rings. The molecule has 1 saturated heterocycles. The van der Waals surface area contributed by atoms with Crippen molar-refractivity contribution in [2.45, 2.75) is 44.9 Å².